The molecule has 0 spiro atoms. The summed E-state index contributed by atoms with van der Waals surface area (Å²) in [6.45, 7) is 2.16. The quantitative estimate of drug-likeness (QED) is 0.794. The summed E-state index contributed by atoms with van der Waals surface area (Å²) in [5.74, 6) is 0.967. The van der Waals surface area contributed by atoms with Gasteiger partial charge >= 0.3 is 0 Å². The minimum absolute atomic E-state index is 0.967. The van der Waals surface area contributed by atoms with Crippen LogP contribution >= 0.6 is 24.0 Å². The van der Waals surface area contributed by atoms with E-state index >= 15 is 0 Å². The second-order valence-corrected chi connectivity index (χ2v) is 5.43. The van der Waals surface area contributed by atoms with Gasteiger partial charge in [-0.2, -0.15) is 12.6 Å². The third-order valence-electron chi connectivity index (χ3n) is 2.70. The Morgan fingerprint density at radius 2 is 2.12 bits per heavy atom. The van der Waals surface area contributed by atoms with Gasteiger partial charge in [0.25, 0.3) is 0 Å². The van der Waals surface area contributed by atoms with Crippen molar-refractivity contribution in [2.75, 3.05) is 19.3 Å². The summed E-state index contributed by atoms with van der Waals surface area (Å²) in [5, 5.41) is 3.69. The Morgan fingerprint density at radius 3 is 2.94 bits per heavy atom. The van der Waals surface area contributed by atoms with E-state index in [2.05, 4.69) is 54.2 Å². The van der Waals surface area contributed by atoms with Crippen LogP contribution in [0.25, 0.3) is 10.1 Å². The SMILES string of the molecule is CN(CCCS)Cc1csc2ccccc12. The van der Waals surface area contributed by atoms with Crippen molar-refractivity contribution in [2.45, 2.75) is 13.0 Å². The lowest BCUT2D eigenvalue weighted by Gasteiger charge is -2.15. The molecule has 0 atom stereocenters. The highest BCUT2D eigenvalue weighted by Crippen LogP contribution is 2.26. The third kappa shape index (κ3) is 2.78. The molecule has 0 aliphatic carbocycles. The molecule has 0 saturated carbocycles. The van der Waals surface area contributed by atoms with Crippen molar-refractivity contribution in [3.63, 3.8) is 0 Å². The number of fused-ring (bicyclic) bond motifs is 1. The summed E-state index contributed by atoms with van der Waals surface area (Å²) in [6, 6.07) is 8.63. The maximum absolute atomic E-state index is 4.24. The first kappa shape index (κ1) is 12.0. The van der Waals surface area contributed by atoms with Crippen molar-refractivity contribution in [1.29, 1.82) is 0 Å². The fourth-order valence-electron chi connectivity index (χ4n) is 1.87. The molecule has 0 N–H and O–H groups in total. The van der Waals surface area contributed by atoms with Gasteiger partial charge in [0.15, 0.2) is 0 Å². The molecule has 16 heavy (non-hydrogen) atoms. The number of hydrogen-bond acceptors (Lipinski definition) is 3. The van der Waals surface area contributed by atoms with Crippen LogP contribution in [0.5, 0.6) is 0 Å². The van der Waals surface area contributed by atoms with Gasteiger partial charge < -0.3 is 4.90 Å². The molecule has 0 unspecified atom stereocenters. The minimum Gasteiger partial charge on any atom is -0.302 e. The Balaban J connectivity index is 2.09. The Morgan fingerprint density at radius 1 is 1.31 bits per heavy atom. The number of thiol groups is 1. The monoisotopic (exact) mass is 251 g/mol. The molecule has 0 amide bonds. The molecule has 0 fully saturated rings. The Hall–Kier alpha value is -0.510. The van der Waals surface area contributed by atoms with Crippen LogP contribution in [0, 0.1) is 0 Å². The number of nitrogens with zero attached hydrogens (tertiary/aromatic N) is 1. The fourth-order valence-corrected chi connectivity index (χ4v) is 2.96. The predicted octanol–water partition coefficient (Wildman–Crippen LogP) is 3.65. The molecule has 1 heterocycles. The highest BCUT2D eigenvalue weighted by molar-refractivity contribution is 7.80. The molecule has 0 radical (unpaired) electrons. The smallest absolute Gasteiger partial charge is 0.0346 e. The van der Waals surface area contributed by atoms with Crippen molar-refractivity contribution in [3.05, 3.63) is 35.2 Å². The van der Waals surface area contributed by atoms with E-state index in [0.29, 0.717) is 0 Å². The van der Waals surface area contributed by atoms with E-state index in [1.54, 1.807) is 0 Å². The second kappa shape index (κ2) is 5.71. The zero-order valence-electron chi connectivity index (χ0n) is 9.52. The topological polar surface area (TPSA) is 3.24 Å². The fraction of sp³-hybridized carbons (Fsp3) is 0.385. The maximum Gasteiger partial charge on any atom is 0.0346 e. The van der Waals surface area contributed by atoms with Gasteiger partial charge in [0.1, 0.15) is 0 Å². The molecule has 1 nitrogen and oxygen atoms in total. The van der Waals surface area contributed by atoms with E-state index in [9.17, 15) is 0 Å². The average Bonchev–Trinajstić information content (AvgIpc) is 2.70. The van der Waals surface area contributed by atoms with Gasteiger partial charge in [-0.1, -0.05) is 18.2 Å². The molecule has 2 rings (SSSR count). The molecule has 0 aliphatic rings. The van der Waals surface area contributed by atoms with Crippen molar-refractivity contribution >= 4 is 34.1 Å². The van der Waals surface area contributed by atoms with Crippen molar-refractivity contribution in [3.8, 4) is 0 Å². The van der Waals surface area contributed by atoms with Gasteiger partial charge in [-0.25, -0.2) is 0 Å². The van der Waals surface area contributed by atoms with Crippen LogP contribution in [-0.2, 0) is 6.54 Å². The lowest BCUT2D eigenvalue weighted by atomic mass is 10.2. The van der Waals surface area contributed by atoms with Gasteiger partial charge in [-0.3, -0.25) is 0 Å². The van der Waals surface area contributed by atoms with Crippen LogP contribution in [-0.4, -0.2) is 24.2 Å². The van der Waals surface area contributed by atoms with Crippen LogP contribution in [0.2, 0.25) is 0 Å². The molecule has 3 heteroatoms. The van der Waals surface area contributed by atoms with E-state index in [4.69, 9.17) is 0 Å². The van der Waals surface area contributed by atoms with Gasteiger partial charge in [0, 0.05) is 11.2 Å². The highest BCUT2D eigenvalue weighted by Gasteiger charge is 2.05. The summed E-state index contributed by atoms with van der Waals surface area (Å²) in [5.41, 5.74) is 1.45. The standard InChI is InChI=1S/C13H17NS2/c1-14(7-4-8-15)9-11-10-16-13-6-3-2-5-12(11)13/h2-3,5-6,10,15H,4,7-9H2,1H3. The summed E-state index contributed by atoms with van der Waals surface area (Å²) in [7, 11) is 2.18. The lowest BCUT2D eigenvalue weighted by Crippen LogP contribution is -2.19. The molecular weight excluding hydrogens is 234 g/mol. The van der Waals surface area contributed by atoms with E-state index in [1.807, 2.05) is 11.3 Å². The van der Waals surface area contributed by atoms with Crippen LogP contribution in [0.1, 0.15) is 12.0 Å². The highest BCUT2D eigenvalue weighted by atomic mass is 32.1. The van der Waals surface area contributed by atoms with E-state index in [1.165, 1.54) is 15.6 Å². The Labute approximate surface area is 106 Å². The number of thiophene rings is 1. The van der Waals surface area contributed by atoms with Crippen molar-refractivity contribution < 1.29 is 0 Å². The summed E-state index contributed by atoms with van der Waals surface area (Å²) in [4.78, 5) is 2.37. The normalized spacial score (nSPS) is 11.4. The van der Waals surface area contributed by atoms with E-state index < -0.39 is 0 Å². The van der Waals surface area contributed by atoms with Gasteiger partial charge in [0.2, 0.25) is 0 Å². The van der Waals surface area contributed by atoms with E-state index in [0.717, 1.165) is 25.3 Å². The average molecular weight is 251 g/mol. The van der Waals surface area contributed by atoms with Gasteiger partial charge in [-0.05, 0) is 48.2 Å². The maximum atomic E-state index is 4.24. The minimum atomic E-state index is 0.967. The first-order valence-electron chi connectivity index (χ1n) is 5.56. The van der Waals surface area contributed by atoms with Crippen molar-refractivity contribution in [1.82, 2.24) is 4.90 Å². The number of rotatable bonds is 5. The van der Waals surface area contributed by atoms with Crippen molar-refractivity contribution in [2.24, 2.45) is 0 Å². The molecule has 0 saturated heterocycles. The molecule has 1 aromatic heterocycles. The van der Waals surface area contributed by atoms with Crippen LogP contribution in [0.3, 0.4) is 0 Å². The van der Waals surface area contributed by atoms with Crippen LogP contribution < -0.4 is 0 Å². The molecule has 0 aliphatic heterocycles. The van der Waals surface area contributed by atoms with Crippen LogP contribution in [0.4, 0.5) is 0 Å². The summed E-state index contributed by atoms with van der Waals surface area (Å²) >= 11 is 6.08. The Kier molecular flexibility index (Phi) is 4.27. The molecular formula is C13H17NS2. The number of hydrogen-bond donors (Lipinski definition) is 1. The predicted molar refractivity (Wildman–Crippen MR) is 76.6 cm³/mol. The number of benzene rings is 1. The summed E-state index contributed by atoms with van der Waals surface area (Å²) < 4.78 is 1.39. The molecule has 1 aromatic carbocycles. The molecule has 86 valence electrons. The van der Waals surface area contributed by atoms with Gasteiger partial charge in [-0.15, -0.1) is 11.3 Å². The lowest BCUT2D eigenvalue weighted by molar-refractivity contribution is 0.330. The first-order valence-corrected chi connectivity index (χ1v) is 7.07. The summed E-state index contributed by atoms with van der Waals surface area (Å²) in [6.07, 6.45) is 1.15. The van der Waals surface area contributed by atoms with E-state index in [-0.39, 0.29) is 0 Å². The second-order valence-electron chi connectivity index (χ2n) is 4.07. The molecule has 0 bridgehead atoms. The zero-order valence-corrected chi connectivity index (χ0v) is 11.2. The largest absolute Gasteiger partial charge is 0.302 e. The zero-order chi connectivity index (χ0) is 11.4. The van der Waals surface area contributed by atoms with Crippen LogP contribution in [0.15, 0.2) is 29.6 Å². The first-order chi connectivity index (χ1) is 7.81. The Bertz CT molecular complexity index is 450. The molecule has 2 aromatic rings. The van der Waals surface area contributed by atoms with Gasteiger partial charge in [0.05, 0.1) is 0 Å². The third-order valence-corrected chi connectivity index (χ3v) is 4.03.